The quantitative estimate of drug-likeness (QED) is 0.269. The Morgan fingerprint density at radius 1 is 1.00 bits per heavy atom. The zero-order valence-corrected chi connectivity index (χ0v) is 33.4. The van der Waals surface area contributed by atoms with Gasteiger partial charge in [0.25, 0.3) is 5.91 Å². The normalized spacial score (nSPS) is 29.5. The Kier molecular flexibility index (Phi) is 9.47. The molecule has 5 fully saturated rings. The third-order valence-corrected chi connectivity index (χ3v) is 15.9. The van der Waals surface area contributed by atoms with Crippen LogP contribution in [0.5, 0.6) is 0 Å². The first-order valence-electron chi connectivity index (χ1n) is 19.1. The second-order valence-electron chi connectivity index (χ2n) is 19.3. The lowest BCUT2D eigenvalue weighted by Gasteiger charge is -2.37. The molecule has 53 heavy (non-hydrogen) atoms. The van der Waals surface area contributed by atoms with Crippen LogP contribution in [0.1, 0.15) is 124 Å². The van der Waals surface area contributed by atoms with Gasteiger partial charge in [-0.25, -0.2) is 13.4 Å². The smallest absolute Gasteiger partial charge is 0.272 e. The Balaban J connectivity index is 1.28. The minimum Gasteiger partial charge on any atom is -0.340 e. The van der Waals surface area contributed by atoms with Crippen molar-refractivity contribution in [2.75, 3.05) is 6.54 Å². The number of rotatable bonds is 13. The van der Waals surface area contributed by atoms with Crippen molar-refractivity contribution >= 4 is 39.3 Å². The molecule has 0 unspecified atom stereocenters. The summed E-state index contributed by atoms with van der Waals surface area (Å²) in [5.41, 5.74) is -2.94. The zero-order valence-electron chi connectivity index (χ0n) is 32.6. The van der Waals surface area contributed by atoms with E-state index in [0.29, 0.717) is 32.2 Å². The van der Waals surface area contributed by atoms with Crippen LogP contribution in [-0.2, 0) is 29.2 Å². The lowest BCUT2D eigenvalue weighted by atomic mass is 9.73. The number of Topliss-reactive ketones (excluding diaryl/α,β-unsaturated/α-hetero) is 2. The molecule has 0 radical (unpaired) electrons. The number of hydrogen-bond donors (Lipinski definition) is 2. The molecule has 4 saturated carbocycles. The van der Waals surface area contributed by atoms with Crippen LogP contribution in [-0.4, -0.2) is 76.5 Å². The van der Waals surface area contributed by atoms with Crippen molar-refractivity contribution in [2.24, 2.45) is 44.3 Å². The maximum atomic E-state index is 15.0. The number of likely N-dealkylation sites (tertiary alicyclic amines) is 1. The SMILES string of the molecule is C=C[C@@H]1C[C@]1(CC(=O)[C@@H]1C[C@@]2(CN1C(=O)[C@@H](CC(=O)[C@@H](NC(=O)c1cnccn1)C(C)(C)C)C(C)(C)C)C(C)(C)C21CCC1)C(=O)NS(=O)(=O)C1CC1. The number of allylic oxidation sites excluding steroid dienone is 1. The van der Waals surface area contributed by atoms with Gasteiger partial charge in [0.05, 0.1) is 28.9 Å². The van der Waals surface area contributed by atoms with E-state index in [4.69, 9.17) is 0 Å². The molecule has 2 heterocycles. The Bertz CT molecular complexity index is 1820. The van der Waals surface area contributed by atoms with Gasteiger partial charge in [0.2, 0.25) is 21.8 Å². The summed E-state index contributed by atoms with van der Waals surface area (Å²) in [6, 6.07) is -1.76. The van der Waals surface area contributed by atoms with Gasteiger partial charge in [0.1, 0.15) is 5.69 Å². The molecule has 290 valence electrons. The summed E-state index contributed by atoms with van der Waals surface area (Å²) in [6.07, 6.45) is 10.3. The molecule has 1 aliphatic heterocycles. The second kappa shape index (κ2) is 12.8. The van der Waals surface area contributed by atoms with E-state index in [1.165, 1.54) is 18.6 Å². The van der Waals surface area contributed by atoms with Crippen molar-refractivity contribution < 1.29 is 32.4 Å². The molecule has 12 nitrogen and oxygen atoms in total. The second-order valence-corrected chi connectivity index (χ2v) is 21.3. The van der Waals surface area contributed by atoms with Crippen molar-refractivity contribution in [2.45, 2.75) is 131 Å². The number of aromatic nitrogens is 2. The summed E-state index contributed by atoms with van der Waals surface area (Å²) in [5, 5.41) is 2.26. The van der Waals surface area contributed by atoms with Crippen molar-refractivity contribution in [3.63, 3.8) is 0 Å². The lowest BCUT2D eigenvalue weighted by molar-refractivity contribution is -0.146. The number of nitrogens with one attached hydrogen (secondary N) is 2. The van der Waals surface area contributed by atoms with Gasteiger partial charge in [-0.3, -0.25) is 33.7 Å². The standard InChI is InChI=1S/C40H57N5O7S/c1-10-24-19-38(24,34(50)44-53(51,52)25-12-13-25)21-30(47)28-20-40(37(8,9)39(40)14-11-15-39)23-45(28)33(49)26(35(2,3)4)18-29(46)31(36(5,6)7)43-32(48)27-22-41-16-17-42-27/h10,16-17,22,24-26,28,31H,1,11-15,18-21,23H2,2-9H3,(H,43,48)(H,44,50)/t24-,26-,28+,31-,38-,40-/m1/s1. The van der Waals surface area contributed by atoms with Crippen LogP contribution in [0.25, 0.3) is 0 Å². The number of sulfonamides is 1. The predicted octanol–water partition coefficient (Wildman–Crippen LogP) is 4.80. The van der Waals surface area contributed by atoms with Crippen molar-refractivity contribution in [1.29, 1.82) is 0 Å². The van der Waals surface area contributed by atoms with E-state index < -0.39 is 61.3 Å². The van der Waals surface area contributed by atoms with E-state index in [0.717, 1.165) is 19.3 Å². The number of fused-ring (bicyclic) bond motifs is 1. The monoisotopic (exact) mass is 751 g/mol. The van der Waals surface area contributed by atoms with Crippen LogP contribution in [0.15, 0.2) is 31.2 Å². The van der Waals surface area contributed by atoms with Crippen molar-refractivity contribution in [3.05, 3.63) is 36.9 Å². The largest absolute Gasteiger partial charge is 0.340 e. The molecule has 2 N–H and O–H groups in total. The van der Waals surface area contributed by atoms with E-state index >= 15 is 4.79 Å². The van der Waals surface area contributed by atoms with Gasteiger partial charge in [-0.15, -0.1) is 6.58 Å². The van der Waals surface area contributed by atoms with Crippen molar-refractivity contribution in [1.82, 2.24) is 24.9 Å². The summed E-state index contributed by atoms with van der Waals surface area (Å²) in [7, 11) is -3.83. The van der Waals surface area contributed by atoms with Crippen LogP contribution in [0.4, 0.5) is 0 Å². The summed E-state index contributed by atoms with van der Waals surface area (Å²) in [6.45, 7) is 20.0. The van der Waals surface area contributed by atoms with Gasteiger partial charge in [-0.05, 0) is 66.1 Å². The summed E-state index contributed by atoms with van der Waals surface area (Å²) >= 11 is 0. The molecule has 2 spiro atoms. The Morgan fingerprint density at radius 2 is 1.66 bits per heavy atom. The first kappa shape index (κ1) is 39.2. The molecule has 4 aliphatic carbocycles. The van der Waals surface area contributed by atoms with Gasteiger partial charge in [0.15, 0.2) is 11.6 Å². The summed E-state index contributed by atoms with van der Waals surface area (Å²) < 4.78 is 27.8. The number of carbonyl (C=O) groups is 5. The van der Waals surface area contributed by atoms with Gasteiger partial charge >= 0.3 is 0 Å². The topological polar surface area (TPSA) is 173 Å². The summed E-state index contributed by atoms with van der Waals surface area (Å²) in [4.78, 5) is 80.5. The van der Waals surface area contributed by atoms with Gasteiger partial charge in [-0.1, -0.05) is 67.9 Å². The minimum atomic E-state index is -3.83. The zero-order chi connectivity index (χ0) is 39.2. The number of hydrogen-bond acceptors (Lipinski definition) is 9. The number of carbonyl (C=O) groups excluding carboxylic acids is 5. The molecular weight excluding hydrogens is 695 g/mol. The number of ketones is 2. The highest BCUT2D eigenvalue weighted by Crippen LogP contribution is 2.88. The maximum Gasteiger partial charge on any atom is 0.272 e. The average Bonchev–Trinajstić information content (AvgIpc) is 3.99. The van der Waals surface area contributed by atoms with Gasteiger partial charge in [-0.2, -0.15) is 0 Å². The van der Waals surface area contributed by atoms with Gasteiger partial charge < -0.3 is 10.2 Å². The Labute approximate surface area is 314 Å². The number of amides is 3. The minimum absolute atomic E-state index is 0.0131. The predicted molar refractivity (Wildman–Crippen MR) is 198 cm³/mol. The van der Waals surface area contributed by atoms with E-state index in [2.05, 4.69) is 40.4 Å². The summed E-state index contributed by atoms with van der Waals surface area (Å²) in [5.74, 6) is -3.26. The highest BCUT2D eigenvalue weighted by molar-refractivity contribution is 7.90. The van der Waals surface area contributed by atoms with E-state index in [-0.39, 0.29) is 58.2 Å². The Morgan fingerprint density at radius 3 is 2.13 bits per heavy atom. The lowest BCUT2D eigenvalue weighted by Crippen LogP contribution is -2.52. The third-order valence-electron chi connectivity index (χ3n) is 14.0. The van der Waals surface area contributed by atoms with E-state index in [9.17, 15) is 27.6 Å². The van der Waals surface area contributed by atoms with Crippen LogP contribution in [0.3, 0.4) is 0 Å². The van der Waals surface area contributed by atoms with Crippen LogP contribution in [0.2, 0.25) is 0 Å². The highest BCUT2D eigenvalue weighted by Gasteiger charge is 2.85. The number of nitrogens with zero attached hydrogens (tertiary/aromatic N) is 3. The van der Waals surface area contributed by atoms with Crippen molar-refractivity contribution in [3.8, 4) is 0 Å². The molecule has 0 bridgehead atoms. The first-order chi connectivity index (χ1) is 24.5. The molecular formula is C40H57N5O7S. The van der Waals surface area contributed by atoms with Crippen LogP contribution >= 0.6 is 0 Å². The molecule has 6 atom stereocenters. The van der Waals surface area contributed by atoms with Crippen LogP contribution in [0, 0.1) is 44.3 Å². The Hall–Kier alpha value is -3.48. The van der Waals surface area contributed by atoms with E-state index in [1.54, 1.807) is 11.0 Å². The third kappa shape index (κ3) is 6.46. The van der Waals surface area contributed by atoms with Crippen LogP contribution < -0.4 is 10.0 Å². The molecule has 0 aromatic carbocycles. The average molecular weight is 752 g/mol. The fraction of sp³-hybridized carbons (Fsp3) is 0.725. The molecule has 3 amide bonds. The molecule has 1 aromatic rings. The first-order valence-corrected chi connectivity index (χ1v) is 20.6. The fourth-order valence-corrected chi connectivity index (χ4v) is 11.5. The fourth-order valence-electron chi connectivity index (χ4n) is 10.1. The maximum absolute atomic E-state index is 15.0. The van der Waals surface area contributed by atoms with Gasteiger partial charge in [0, 0.05) is 43.1 Å². The van der Waals surface area contributed by atoms with E-state index in [1.807, 2.05) is 41.5 Å². The molecule has 5 aliphatic rings. The molecule has 1 aromatic heterocycles. The molecule has 6 rings (SSSR count). The molecule has 1 saturated heterocycles. The molecule has 13 heteroatoms. The highest BCUT2D eigenvalue weighted by atomic mass is 32.2.